The zero-order valence-corrected chi connectivity index (χ0v) is 11.2. The molecule has 4 nitrogen and oxygen atoms in total. The average molecular weight is 274 g/mol. The van der Waals surface area contributed by atoms with Crippen molar-refractivity contribution in [2.75, 3.05) is 0 Å². The second-order valence-corrected chi connectivity index (χ2v) is 5.11. The number of nitrogens with two attached hydrogens (primary N) is 1. The first-order chi connectivity index (χ1) is 9.08. The predicted molar refractivity (Wildman–Crippen MR) is 75.2 cm³/mol. The highest BCUT2D eigenvalue weighted by molar-refractivity contribution is 7.12. The molecule has 1 aromatic carbocycles. The Morgan fingerprint density at radius 3 is 2.68 bits per heavy atom. The van der Waals surface area contributed by atoms with Crippen molar-refractivity contribution in [3.05, 3.63) is 57.8 Å². The summed E-state index contributed by atoms with van der Waals surface area (Å²) in [7, 11) is 0. The first-order valence-electron chi connectivity index (χ1n) is 5.82. The number of hydrogen-bond acceptors (Lipinski definition) is 3. The van der Waals surface area contributed by atoms with Crippen LogP contribution >= 0.6 is 11.3 Å². The SMILES string of the molecule is CC(NC(=O)c1cccs1)c1cccc(C(N)=O)c1. The van der Waals surface area contributed by atoms with E-state index in [1.54, 1.807) is 24.3 Å². The van der Waals surface area contributed by atoms with E-state index >= 15 is 0 Å². The Hall–Kier alpha value is -2.14. The van der Waals surface area contributed by atoms with Gasteiger partial charge in [0.25, 0.3) is 5.91 Å². The Balaban J connectivity index is 2.11. The fourth-order valence-electron chi connectivity index (χ4n) is 1.72. The van der Waals surface area contributed by atoms with Crippen molar-refractivity contribution in [2.24, 2.45) is 5.73 Å². The predicted octanol–water partition coefficient (Wildman–Crippen LogP) is 2.34. The summed E-state index contributed by atoms with van der Waals surface area (Å²) in [4.78, 5) is 23.7. The standard InChI is InChI=1S/C14H14N2O2S/c1-9(16-14(18)12-6-3-7-19-12)10-4-2-5-11(8-10)13(15)17/h2-9H,1H3,(H2,15,17)(H,16,18). The number of carbonyl (C=O) groups excluding carboxylic acids is 2. The number of benzene rings is 1. The molecule has 1 atom stereocenters. The Kier molecular flexibility index (Phi) is 3.97. The van der Waals surface area contributed by atoms with Crippen molar-refractivity contribution >= 4 is 23.2 Å². The van der Waals surface area contributed by atoms with E-state index in [0.717, 1.165) is 5.56 Å². The number of amides is 2. The van der Waals surface area contributed by atoms with Crippen LogP contribution in [-0.4, -0.2) is 11.8 Å². The van der Waals surface area contributed by atoms with E-state index in [9.17, 15) is 9.59 Å². The van der Waals surface area contributed by atoms with Gasteiger partial charge in [0, 0.05) is 5.56 Å². The van der Waals surface area contributed by atoms with Crippen LogP contribution in [0.2, 0.25) is 0 Å². The quantitative estimate of drug-likeness (QED) is 0.898. The van der Waals surface area contributed by atoms with Crippen molar-refractivity contribution in [1.29, 1.82) is 0 Å². The first-order valence-corrected chi connectivity index (χ1v) is 6.70. The maximum Gasteiger partial charge on any atom is 0.261 e. The summed E-state index contributed by atoms with van der Waals surface area (Å²) in [6.07, 6.45) is 0. The van der Waals surface area contributed by atoms with Crippen molar-refractivity contribution in [1.82, 2.24) is 5.32 Å². The van der Waals surface area contributed by atoms with Crippen LogP contribution in [0.25, 0.3) is 0 Å². The molecule has 0 aliphatic heterocycles. The Labute approximate surface area is 115 Å². The number of thiophene rings is 1. The topological polar surface area (TPSA) is 72.2 Å². The van der Waals surface area contributed by atoms with Gasteiger partial charge >= 0.3 is 0 Å². The van der Waals surface area contributed by atoms with E-state index in [1.165, 1.54) is 11.3 Å². The molecule has 0 aliphatic carbocycles. The van der Waals surface area contributed by atoms with Gasteiger partial charge in [-0.2, -0.15) is 0 Å². The number of primary amides is 1. The van der Waals surface area contributed by atoms with Gasteiger partial charge in [-0.25, -0.2) is 0 Å². The molecule has 2 rings (SSSR count). The van der Waals surface area contributed by atoms with Gasteiger partial charge in [0.2, 0.25) is 5.91 Å². The summed E-state index contributed by atoms with van der Waals surface area (Å²) >= 11 is 1.39. The monoisotopic (exact) mass is 274 g/mol. The smallest absolute Gasteiger partial charge is 0.261 e. The van der Waals surface area contributed by atoms with Gasteiger partial charge in [-0.3, -0.25) is 9.59 Å². The molecule has 2 amide bonds. The molecule has 0 bridgehead atoms. The fourth-order valence-corrected chi connectivity index (χ4v) is 2.35. The molecule has 0 aliphatic rings. The average Bonchev–Trinajstić information content (AvgIpc) is 2.92. The molecule has 0 radical (unpaired) electrons. The zero-order chi connectivity index (χ0) is 13.8. The second-order valence-electron chi connectivity index (χ2n) is 4.16. The number of rotatable bonds is 4. The van der Waals surface area contributed by atoms with Gasteiger partial charge in [-0.1, -0.05) is 18.2 Å². The van der Waals surface area contributed by atoms with Gasteiger partial charge in [-0.15, -0.1) is 11.3 Å². The normalized spacial score (nSPS) is 11.8. The lowest BCUT2D eigenvalue weighted by Crippen LogP contribution is -2.26. The molecule has 0 saturated carbocycles. The summed E-state index contributed by atoms with van der Waals surface area (Å²) < 4.78 is 0. The van der Waals surface area contributed by atoms with E-state index in [2.05, 4.69) is 5.32 Å². The molecule has 3 N–H and O–H groups in total. The highest BCUT2D eigenvalue weighted by Crippen LogP contribution is 2.16. The van der Waals surface area contributed by atoms with Crippen LogP contribution in [0.15, 0.2) is 41.8 Å². The van der Waals surface area contributed by atoms with E-state index < -0.39 is 5.91 Å². The van der Waals surface area contributed by atoms with E-state index in [4.69, 9.17) is 5.73 Å². The minimum Gasteiger partial charge on any atom is -0.366 e. The third-order valence-corrected chi connectivity index (χ3v) is 3.63. The molecule has 1 heterocycles. The van der Waals surface area contributed by atoms with Crippen molar-refractivity contribution < 1.29 is 9.59 Å². The van der Waals surface area contributed by atoms with Crippen LogP contribution in [-0.2, 0) is 0 Å². The fraction of sp³-hybridized carbons (Fsp3) is 0.143. The first kappa shape index (κ1) is 13.3. The molecule has 5 heteroatoms. The highest BCUT2D eigenvalue weighted by Gasteiger charge is 2.13. The third-order valence-electron chi connectivity index (χ3n) is 2.76. The molecule has 0 saturated heterocycles. The minimum absolute atomic E-state index is 0.119. The lowest BCUT2D eigenvalue weighted by molar-refractivity contribution is 0.0943. The van der Waals surface area contributed by atoms with Crippen LogP contribution in [0.3, 0.4) is 0 Å². The second kappa shape index (κ2) is 5.67. The van der Waals surface area contributed by atoms with Crippen LogP contribution in [0.4, 0.5) is 0 Å². The van der Waals surface area contributed by atoms with Crippen LogP contribution in [0, 0.1) is 0 Å². The zero-order valence-electron chi connectivity index (χ0n) is 10.4. The lowest BCUT2D eigenvalue weighted by atomic mass is 10.0. The van der Waals surface area contributed by atoms with Crippen molar-refractivity contribution in [3.63, 3.8) is 0 Å². The highest BCUT2D eigenvalue weighted by atomic mass is 32.1. The van der Waals surface area contributed by atoms with Gasteiger partial charge in [0.15, 0.2) is 0 Å². The van der Waals surface area contributed by atoms with Gasteiger partial charge in [0.1, 0.15) is 0 Å². The molecule has 0 spiro atoms. The largest absolute Gasteiger partial charge is 0.366 e. The number of carbonyl (C=O) groups is 2. The lowest BCUT2D eigenvalue weighted by Gasteiger charge is -2.14. The van der Waals surface area contributed by atoms with E-state index in [0.29, 0.717) is 10.4 Å². The van der Waals surface area contributed by atoms with Crippen LogP contribution in [0.5, 0.6) is 0 Å². The van der Waals surface area contributed by atoms with E-state index in [-0.39, 0.29) is 11.9 Å². The summed E-state index contributed by atoms with van der Waals surface area (Å²) in [5.41, 5.74) is 6.52. The Bertz CT molecular complexity index is 593. The van der Waals surface area contributed by atoms with E-state index in [1.807, 2.05) is 24.4 Å². The maximum atomic E-state index is 11.9. The van der Waals surface area contributed by atoms with Crippen molar-refractivity contribution in [2.45, 2.75) is 13.0 Å². The molecule has 19 heavy (non-hydrogen) atoms. The Morgan fingerprint density at radius 1 is 1.26 bits per heavy atom. The molecule has 1 aromatic heterocycles. The summed E-state index contributed by atoms with van der Waals surface area (Å²) in [5.74, 6) is -0.592. The minimum atomic E-state index is -0.473. The molecular weight excluding hydrogens is 260 g/mol. The molecule has 0 fully saturated rings. The maximum absolute atomic E-state index is 11.9. The third kappa shape index (κ3) is 3.20. The summed E-state index contributed by atoms with van der Waals surface area (Å²) in [6, 6.07) is 10.4. The molecular formula is C14H14N2O2S. The Morgan fingerprint density at radius 2 is 2.05 bits per heavy atom. The summed E-state index contributed by atoms with van der Waals surface area (Å²) in [6.45, 7) is 1.87. The van der Waals surface area contributed by atoms with Crippen LogP contribution in [0.1, 0.15) is 38.6 Å². The van der Waals surface area contributed by atoms with Crippen LogP contribution < -0.4 is 11.1 Å². The molecule has 1 unspecified atom stereocenters. The number of nitrogens with one attached hydrogen (secondary N) is 1. The van der Waals surface area contributed by atoms with Gasteiger partial charge in [-0.05, 0) is 36.1 Å². The molecule has 98 valence electrons. The van der Waals surface area contributed by atoms with Gasteiger partial charge in [0.05, 0.1) is 10.9 Å². The number of hydrogen-bond donors (Lipinski definition) is 2. The molecule has 2 aromatic rings. The van der Waals surface area contributed by atoms with Crippen molar-refractivity contribution in [3.8, 4) is 0 Å². The summed E-state index contributed by atoms with van der Waals surface area (Å²) in [5, 5.41) is 4.74. The van der Waals surface area contributed by atoms with Gasteiger partial charge < -0.3 is 11.1 Å².